The summed E-state index contributed by atoms with van der Waals surface area (Å²) < 4.78 is 54.4. The molecule has 4 heterocycles. The Balaban J connectivity index is 0.00000185. The molecule has 0 bridgehead atoms. The Bertz CT molecular complexity index is 1590. The molecule has 8 nitrogen and oxygen atoms in total. The van der Waals surface area contributed by atoms with Crippen LogP contribution in [-0.2, 0) is 6.54 Å². The fourth-order valence-corrected chi connectivity index (χ4v) is 5.46. The van der Waals surface area contributed by atoms with Crippen LogP contribution in [0.4, 0.5) is 35.0 Å². The normalized spacial score (nSPS) is 17.0. The maximum absolute atomic E-state index is 15.0. The molecular weight excluding hydrogens is 522 g/mol. The van der Waals surface area contributed by atoms with Crippen LogP contribution in [-0.4, -0.2) is 49.7 Å². The molecule has 202 valence electrons. The zero-order valence-corrected chi connectivity index (χ0v) is 21.0. The number of fused-ring (bicyclic) bond motifs is 1. The lowest BCUT2D eigenvalue weighted by atomic mass is 9.91. The van der Waals surface area contributed by atoms with Crippen molar-refractivity contribution in [2.75, 3.05) is 23.3 Å². The van der Waals surface area contributed by atoms with Crippen LogP contribution in [0, 0.1) is 12.8 Å². The number of aromatic nitrogens is 5. The Morgan fingerprint density at radius 2 is 1.95 bits per heavy atom. The first kappa shape index (κ1) is 24.7. The van der Waals surface area contributed by atoms with Gasteiger partial charge in [0, 0.05) is 37.2 Å². The molecular formula is C25H27F4N7OS. The van der Waals surface area contributed by atoms with Crippen molar-refractivity contribution in [3.8, 4) is 0 Å². The van der Waals surface area contributed by atoms with Gasteiger partial charge in [0.25, 0.3) is 5.56 Å². The molecule has 1 aliphatic carbocycles. The fraction of sp³-hybridized carbons (Fsp3) is 0.360. The predicted octanol–water partition coefficient (Wildman–Crippen LogP) is 5.71. The summed E-state index contributed by atoms with van der Waals surface area (Å²) in [6, 6.07) is 10.00. The van der Waals surface area contributed by atoms with Crippen molar-refractivity contribution in [2.45, 2.75) is 48.2 Å². The molecule has 0 amide bonds. The van der Waals surface area contributed by atoms with Crippen LogP contribution >= 0.6 is 11.8 Å². The lowest BCUT2D eigenvalue weighted by Crippen LogP contribution is -2.60. The molecule has 1 aliphatic heterocycles. The second-order valence-electron chi connectivity index (χ2n) is 9.84. The Morgan fingerprint density at radius 3 is 2.63 bits per heavy atom. The molecule has 0 spiro atoms. The number of pyridine rings is 1. The standard InChI is InChI=1S/C25H23F4N7OS.2H2/c1-14-8-20(34-33-14)30-19-10-21(36-11-24(26,12-36)16-3-4-16)32-23(31-19)38-17-5-2-15-6-7-35(13-25(27,28)29)22(37)18(15)9-17;;/h2,5-10,16H,3-4,11-13H2,1H3,(H2,30,31,32,33,34);2*1H. The second-order valence-corrected chi connectivity index (χ2v) is 10.9. The first-order valence-corrected chi connectivity index (χ1v) is 12.9. The molecule has 2 N–H and O–H groups in total. The number of alkyl halides is 4. The van der Waals surface area contributed by atoms with Crippen LogP contribution in [0.1, 0.15) is 21.4 Å². The zero-order valence-electron chi connectivity index (χ0n) is 20.2. The number of H-pyrrole nitrogens is 1. The van der Waals surface area contributed by atoms with E-state index in [1.54, 1.807) is 24.3 Å². The number of nitrogens with zero attached hydrogens (tertiary/aromatic N) is 5. The summed E-state index contributed by atoms with van der Waals surface area (Å²) >= 11 is 1.16. The molecule has 6 rings (SSSR count). The van der Waals surface area contributed by atoms with E-state index < -0.39 is 23.9 Å². The number of aromatic amines is 1. The maximum atomic E-state index is 15.0. The van der Waals surface area contributed by atoms with Gasteiger partial charge in [0.15, 0.2) is 11.0 Å². The topological polar surface area (TPSA) is 91.7 Å². The number of hydrogen-bond donors (Lipinski definition) is 2. The fourth-order valence-electron chi connectivity index (χ4n) is 4.65. The number of aryl methyl sites for hydroxylation is 1. The lowest BCUT2D eigenvalue weighted by molar-refractivity contribution is -0.141. The van der Waals surface area contributed by atoms with Crippen molar-refractivity contribution in [1.29, 1.82) is 0 Å². The van der Waals surface area contributed by atoms with Crippen molar-refractivity contribution in [1.82, 2.24) is 24.7 Å². The van der Waals surface area contributed by atoms with Crippen molar-refractivity contribution in [3.05, 3.63) is 58.6 Å². The highest BCUT2D eigenvalue weighted by atomic mass is 32.2. The van der Waals surface area contributed by atoms with Crippen molar-refractivity contribution in [2.24, 2.45) is 5.92 Å². The molecule has 0 atom stereocenters. The molecule has 1 saturated carbocycles. The van der Waals surface area contributed by atoms with Gasteiger partial charge in [0.1, 0.15) is 23.8 Å². The Labute approximate surface area is 221 Å². The maximum Gasteiger partial charge on any atom is 0.406 e. The van der Waals surface area contributed by atoms with Crippen LogP contribution in [0.15, 0.2) is 57.4 Å². The zero-order chi connectivity index (χ0) is 26.7. The van der Waals surface area contributed by atoms with Gasteiger partial charge in [-0.2, -0.15) is 18.3 Å². The summed E-state index contributed by atoms with van der Waals surface area (Å²) in [7, 11) is 0. The second kappa shape index (κ2) is 9.00. The molecule has 4 aromatic rings. The van der Waals surface area contributed by atoms with Gasteiger partial charge >= 0.3 is 6.18 Å². The lowest BCUT2D eigenvalue weighted by Gasteiger charge is -2.45. The summed E-state index contributed by atoms with van der Waals surface area (Å²) in [6.45, 7) is 1.02. The van der Waals surface area contributed by atoms with Gasteiger partial charge in [-0.1, -0.05) is 6.07 Å². The Morgan fingerprint density at radius 1 is 1.16 bits per heavy atom. The minimum absolute atomic E-state index is 0. The van der Waals surface area contributed by atoms with E-state index in [1.165, 1.54) is 6.07 Å². The SMILES string of the molecule is Cc1cc(Nc2cc(N3CC(F)(C4CC4)C3)nc(Sc3ccc4ccn(CC(F)(F)F)c(=O)c4c3)n2)n[nH]1.[HH].[HH]. The molecule has 13 heteroatoms. The van der Waals surface area contributed by atoms with Gasteiger partial charge in [0.05, 0.1) is 13.1 Å². The van der Waals surface area contributed by atoms with E-state index in [2.05, 4.69) is 25.5 Å². The van der Waals surface area contributed by atoms with E-state index in [4.69, 9.17) is 0 Å². The summed E-state index contributed by atoms with van der Waals surface area (Å²) in [5, 5.41) is 11.2. The number of rotatable bonds is 7. The highest BCUT2D eigenvalue weighted by Crippen LogP contribution is 2.48. The van der Waals surface area contributed by atoms with Crippen molar-refractivity contribution in [3.63, 3.8) is 0 Å². The molecule has 0 unspecified atom stereocenters. The average molecular weight is 550 g/mol. The van der Waals surface area contributed by atoms with Crippen LogP contribution < -0.4 is 15.8 Å². The van der Waals surface area contributed by atoms with Crippen LogP contribution in [0.3, 0.4) is 0 Å². The highest BCUT2D eigenvalue weighted by molar-refractivity contribution is 7.99. The number of nitrogens with one attached hydrogen (secondary N) is 2. The summed E-state index contributed by atoms with van der Waals surface area (Å²) in [4.78, 5) is 24.4. The van der Waals surface area contributed by atoms with Gasteiger partial charge in [0.2, 0.25) is 0 Å². The Kier molecular flexibility index (Phi) is 5.85. The Hall–Kier alpha value is -3.61. The third-order valence-electron chi connectivity index (χ3n) is 6.70. The molecule has 38 heavy (non-hydrogen) atoms. The number of hydrogen-bond acceptors (Lipinski definition) is 7. The molecule has 3 aromatic heterocycles. The molecule has 0 radical (unpaired) electrons. The monoisotopic (exact) mass is 549 g/mol. The summed E-state index contributed by atoms with van der Waals surface area (Å²) in [5.74, 6) is 1.68. The number of anilines is 3. The van der Waals surface area contributed by atoms with Gasteiger partial charge in [-0.05, 0) is 61.0 Å². The van der Waals surface area contributed by atoms with E-state index in [-0.39, 0.29) is 27.2 Å². The minimum Gasteiger partial charge on any atom is -0.350 e. The molecule has 2 aliphatic rings. The van der Waals surface area contributed by atoms with Crippen molar-refractivity contribution >= 4 is 40.0 Å². The third-order valence-corrected chi connectivity index (χ3v) is 7.56. The summed E-state index contributed by atoms with van der Waals surface area (Å²) in [5.41, 5.74) is -1.06. The van der Waals surface area contributed by atoms with Crippen molar-refractivity contribution < 1.29 is 20.4 Å². The largest absolute Gasteiger partial charge is 0.406 e. The first-order chi connectivity index (χ1) is 18.0. The molecule has 2 fully saturated rings. The van der Waals surface area contributed by atoms with E-state index in [0.29, 0.717) is 37.5 Å². The average Bonchev–Trinajstić information content (AvgIpc) is 3.61. The summed E-state index contributed by atoms with van der Waals surface area (Å²) in [6.07, 6.45) is -1.55. The van der Waals surface area contributed by atoms with Gasteiger partial charge in [-0.25, -0.2) is 14.4 Å². The van der Waals surface area contributed by atoms with E-state index in [1.807, 2.05) is 17.9 Å². The molecule has 1 aromatic carbocycles. The third kappa shape index (κ3) is 5.06. The highest BCUT2D eigenvalue weighted by Gasteiger charge is 2.54. The van der Waals surface area contributed by atoms with Gasteiger partial charge in [-0.15, -0.1) is 0 Å². The number of benzene rings is 1. The van der Waals surface area contributed by atoms with Crippen LogP contribution in [0.2, 0.25) is 0 Å². The van der Waals surface area contributed by atoms with E-state index in [9.17, 15) is 18.0 Å². The number of halogens is 4. The molecule has 1 saturated heterocycles. The quantitative estimate of drug-likeness (QED) is 0.225. The predicted molar refractivity (Wildman–Crippen MR) is 140 cm³/mol. The first-order valence-electron chi connectivity index (χ1n) is 12.0. The van der Waals surface area contributed by atoms with E-state index >= 15 is 4.39 Å². The smallest absolute Gasteiger partial charge is 0.350 e. The van der Waals surface area contributed by atoms with Crippen LogP contribution in [0.25, 0.3) is 10.8 Å². The van der Waals surface area contributed by atoms with Gasteiger partial charge in [-0.3, -0.25) is 9.89 Å². The van der Waals surface area contributed by atoms with E-state index in [0.717, 1.165) is 36.5 Å². The minimum atomic E-state index is -4.51. The van der Waals surface area contributed by atoms with Crippen LogP contribution in [0.5, 0.6) is 0 Å². The van der Waals surface area contributed by atoms with Gasteiger partial charge < -0.3 is 14.8 Å².